The number of carbonyl (C=O) groups is 3. The lowest BCUT2D eigenvalue weighted by Crippen LogP contribution is -2.46. The minimum Gasteiger partial charge on any atom is -0.346 e. The Kier molecular flexibility index (Phi) is 6.71. The fourth-order valence-corrected chi connectivity index (χ4v) is 1.82. The quantitative estimate of drug-likeness (QED) is 0.626. The van der Waals surface area contributed by atoms with Crippen LogP contribution in [0, 0.1) is 12.8 Å². The molecule has 0 radical (unpaired) electrons. The van der Waals surface area contributed by atoms with Crippen LogP contribution in [0.3, 0.4) is 0 Å². The molecule has 0 saturated heterocycles. The van der Waals surface area contributed by atoms with E-state index in [0.29, 0.717) is 11.4 Å². The summed E-state index contributed by atoms with van der Waals surface area (Å²) in [6.45, 7) is 6.75. The third-order valence-electron chi connectivity index (χ3n) is 3.28. The number of nitrogens with one attached hydrogen (secondary N) is 3. The van der Waals surface area contributed by atoms with Crippen molar-refractivity contribution in [1.82, 2.24) is 5.32 Å². The zero-order valence-corrected chi connectivity index (χ0v) is 13.9. The first kappa shape index (κ1) is 18.6. The Balaban J connectivity index is 2.63. The second kappa shape index (κ2) is 8.28. The van der Waals surface area contributed by atoms with Gasteiger partial charge in [0.1, 0.15) is 0 Å². The van der Waals surface area contributed by atoms with Gasteiger partial charge in [-0.3, -0.25) is 14.4 Å². The molecule has 0 aliphatic heterocycles. The van der Waals surface area contributed by atoms with Gasteiger partial charge in [-0.15, -0.1) is 0 Å². The standard InChI is InChI=1S/C16H24N4O3/c1-9(2)15(17)16(23)18-8-14(22)20-13-7-12(19-11(4)21)6-5-10(13)3/h5-7,9,15H,8,17H2,1-4H3,(H,18,23)(H,19,21)(H,20,22)/t15-/m0/s1. The number of benzene rings is 1. The molecule has 0 aliphatic carbocycles. The van der Waals surface area contributed by atoms with Crippen molar-refractivity contribution in [2.24, 2.45) is 11.7 Å². The summed E-state index contributed by atoms with van der Waals surface area (Å²) in [4.78, 5) is 34.7. The fourth-order valence-electron chi connectivity index (χ4n) is 1.82. The van der Waals surface area contributed by atoms with Crippen LogP contribution >= 0.6 is 0 Å². The molecule has 126 valence electrons. The van der Waals surface area contributed by atoms with Gasteiger partial charge in [0.05, 0.1) is 12.6 Å². The minimum absolute atomic E-state index is 0.00496. The van der Waals surface area contributed by atoms with Crippen LogP contribution in [0.1, 0.15) is 26.3 Å². The summed E-state index contributed by atoms with van der Waals surface area (Å²) in [5.74, 6) is -0.924. The van der Waals surface area contributed by atoms with Crippen molar-refractivity contribution in [3.63, 3.8) is 0 Å². The van der Waals surface area contributed by atoms with Gasteiger partial charge in [-0.05, 0) is 30.5 Å². The predicted molar refractivity (Wildman–Crippen MR) is 89.9 cm³/mol. The number of hydrogen-bond donors (Lipinski definition) is 4. The molecular weight excluding hydrogens is 296 g/mol. The van der Waals surface area contributed by atoms with E-state index in [4.69, 9.17) is 5.73 Å². The molecule has 0 aliphatic rings. The fraction of sp³-hybridized carbons (Fsp3) is 0.438. The summed E-state index contributed by atoms with van der Waals surface area (Å²) in [5, 5.41) is 7.85. The van der Waals surface area contributed by atoms with E-state index in [9.17, 15) is 14.4 Å². The molecule has 5 N–H and O–H groups in total. The maximum absolute atomic E-state index is 11.9. The maximum atomic E-state index is 11.9. The van der Waals surface area contributed by atoms with Crippen LogP contribution in [-0.2, 0) is 14.4 Å². The molecule has 0 spiro atoms. The molecule has 0 fully saturated rings. The van der Waals surface area contributed by atoms with Crippen molar-refractivity contribution in [3.05, 3.63) is 23.8 Å². The summed E-state index contributed by atoms with van der Waals surface area (Å²) in [5.41, 5.74) is 7.71. The Hall–Kier alpha value is -2.41. The molecule has 0 unspecified atom stereocenters. The highest BCUT2D eigenvalue weighted by molar-refractivity contribution is 5.97. The average Bonchev–Trinajstić information content (AvgIpc) is 2.46. The van der Waals surface area contributed by atoms with E-state index in [1.807, 2.05) is 20.8 Å². The van der Waals surface area contributed by atoms with E-state index >= 15 is 0 Å². The molecule has 3 amide bonds. The Morgan fingerprint density at radius 1 is 1.17 bits per heavy atom. The van der Waals surface area contributed by atoms with Crippen molar-refractivity contribution >= 4 is 29.1 Å². The molecule has 0 bridgehead atoms. The Morgan fingerprint density at radius 2 is 1.83 bits per heavy atom. The highest BCUT2D eigenvalue weighted by atomic mass is 16.2. The van der Waals surface area contributed by atoms with Gasteiger partial charge in [0.2, 0.25) is 17.7 Å². The second-order valence-electron chi connectivity index (χ2n) is 5.75. The third kappa shape index (κ3) is 6.07. The Labute approximate surface area is 136 Å². The molecule has 1 rings (SSSR count). The summed E-state index contributed by atoms with van der Waals surface area (Å²) >= 11 is 0. The number of amides is 3. The van der Waals surface area contributed by atoms with Gasteiger partial charge in [-0.25, -0.2) is 0 Å². The Morgan fingerprint density at radius 3 is 2.39 bits per heavy atom. The topological polar surface area (TPSA) is 113 Å². The number of aryl methyl sites for hydroxylation is 1. The van der Waals surface area contributed by atoms with E-state index in [1.54, 1.807) is 18.2 Å². The molecule has 23 heavy (non-hydrogen) atoms. The molecule has 0 saturated carbocycles. The zero-order valence-electron chi connectivity index (χ0n) is 13.9. The first-order chi connectivity index (χ1) is 10.7. The van der Waals surface area contributed by atoms with E-state index in [0.717, 1.165) is 5.56 Å². The zero-order chi connectivity index (χ0) is 17.6. The first-order valence-electron chi connectivity index (χ1n) is 7.42. The summed E-state index contributed by atoms with van der Waals surface area (Å²) in [6.07, 6.45) is 0. The van der Waals surface area contributed by atoms with Gasteiger partial charge in [0.15, 0.2) is 0 Å². The van der Waals surface area contributed by atoms with Gasteiger partial charge >= 0.3 is 0 Å². The van der Waals surface area contributed by atoms with Gasteiger partial charge in [-0.2, -0.15) is 0 Å². The largest absolute Gasteiger partial charge is 0.346 e. The minimum atomic E-state index is -0.646. The van der Waals surface area contributed by atoms with Gasteiger partial charge in [0.25, 0.3) is 0 Å². The normalized spacial score (nSPS) is 11.7. The average molecular weight is 320 g/mol. The number of anilines is 2. The molecule has 0 heterocycles. The molecular formula is C16H24N4O3. The second-order valence-corrected chi connectivity index (χ2v) is 5.75. The lowest BCUT2D eigenvalue weighted by molar-refractivity contribution is -0.125. The Bertz CT molecular complexity index is 599. The summed E-state index contributed by atoms with van der Waals surface area (Å²) in [7, 11) is 0. The highest BCUT2D eigenvalue weighted by Gasteiger charge is 2.17. The smallest absolute Gasteiger partial charge is 0.243 e. The number of hydrogen-bond acceptors (Lipinski definition) is 4. The number of carbonyl (C=O) groups excluding carboxylic acids is 3. The van der Waals surface area contributed by atoms with Crippen LogP contribution in [0.25, 0.3) is 0 Å². The van der Waals surface area contributed by atoms with Crippen LogP contribution < -0.4 is 21.7 Å². The van der Waals surface area contributed by atoms with Crippen LogP contribution in [-0.4, -0.2) is 30.3 Å². The maximum Gasteiger partial charge on any atom is 0.243 e. The molecule has 0 aromatic heterocycles. The van der Waals surface area contributed by atoms with Crippen LogP contribution in [0.2, 0.25) is 0 Å². The van der Waals surface area contributed by atoms with Crippen LogP contribution in [0.5, 0.6) is 0 Å². The van der Waals surface area contributed by atoms with Crippen molar-refractivity contribution < 1.29 is 14.4 Å². The van der Waals surface area contributed by atoms with Crippen LogP contribution in [0.4, 0.5) is 11.4 Å². The monoisotopic (exact) mass is 320 g/mol. The molecule has 7 nitrogen and oxygen atoms in total. The first-order valence-corrected chi connectivity index (χ1v) is 7.42. The van der Waals surface area contributed by atoms with Crippen molar-refractivity contribution in [3.8, 4) is 0 Å². The molecule has 1 aromatic carbocycles. The van der Waals surface area contributed by atoms with Crippen molar-refractivity contribution in [2.45, 2.75) is 33.7 Å². The van der Waals surface area contributed by atoms with Gasteiger partial charge in [0, 0.05) is 18.3 Å². The van der Waals surface area contributed by atoms with Crippen molar-refractivity contribution in [1.29, 1.82) is 0 Å². The van der Waals surface area contributed by atoms with Crippen molar-refractivity contribution in [2.75, 3.05) is 17.2 Å². The lowest BCUT2D eigenvalue weighted by Gasteiger charge is -2.15. The van der Waals surface area contributed by atoms with Gasteiger partial charge in [-0.1, -0.05) is 19.9 Å². The molecule has 7 heteroatoms. The van der Waals surface area contributed by atoms with E-state index in [-0.39, 0.29) is 30.2 Å². The van der Waals surface area contributed by atoms with E-state index in [1.165, 1.54) is 6.92 Å². The van der Waals surface area contributed by atoms with E-state index < -0.39 is 6.04 Å². The lowest BCUT2D eigenvalue weighted by atomic mass is 10.1. The summed E-state index contributed by atoms with van der Waals surface area (Å²) < 4.78 is 0. The SMILES string of the molecule is CC(=O)Nc1ccc(C)c(NC(=O)CNC(=O)[C@@H](N)C(C)C)c1. The van der Waals surface area contributed by atoms with Gasteiger partial charge < -0.3 is 21.7 Å². The third-order valence-corrected chi connectivity index (χ3v) is 3.28. The molecule has 1 atom stereocenters. The van der Waals surface area contributed by atoms with E-state index in [2.05, 4.69) is 16.0 Å². The summed E-state index contributed by atoms with van der Waals surface area (Å²) in [6, 6.07) is 4.55. The van der Waals surface area contributed by atoms with Crippen LogP contribution in [0.15, 0.2) is 18.2 Å². The predicted octanol–water partition coefficient (Wildman–Crippen LogP) is 0.991. The number of rotatable bonds is 6. The number of nitrogens with two attached hydrogens (primary N) is 1. The molecule has 1 aromatic rings. The highest BCUT2D eigenvalue weighted by Crippen LogP contribution is 2.20.